The number of ether oxygens (including phenoxy) is 1. The highest BCUT2D eigenvalue weighted by Crippen LogP contribution is 2.19. The van der Waals surface area contributed by atoms with Gasteiger partial charge in [0.05, 0.1) is 0 Å². The Bertz CT molecular complexity index is 850. The Kier molecular flexibility index (Phi) is 7.79. The van der Waals surface area contributed by atoms with Gasteiger partial charge in [0, 0.05) is 12.1 Å². The highest BCUT2D eigenvalue weighted by Gasteiger charge is 2.28. The van der Waals surface area contributed by atoms with E-state index >= 15 is 0 Å². The topological polar surface area (TPSA) is 67.4 Å². The van der Waals surface area contributed by atoms with E-state index in [-0.39, 0.29) is 23.8 Å². The van der Waals surface area contributed by atoms with Crippen LogP contribution >= 0.6 is 0 Å². The number of alkyl halides is 3. The van der Waals surface area contributed by atoms with E-state index in [0.717, 1.165) is 12.1 Å². The summed E-state index contributed by atoms with van der Waals surface area (Å²) in [4.78, 5) is 24.8. The molecule has 1 atom stereocenters. The van der Waals surface area contributed by atoms with E-state index in [2.05, 4.69) is 15.4 Å². The number of rotatable bonds is 8. The lowest BCUT2D eigenvalue weighted by atomic mass is 10.0. The zero-order valence-corrected chi connectivity index (χ0v) is 16.4. The predicted molar refractivity (Wildman–Crippen MR) is 102 cm³/mol. The highest BCUT2D eigenvalue weighted by atomic mass is 19.4. The third-order valence-corrected chi connectivity index (χ3v) is 4.13. The molecule has 0 spiro atoms. The largest absolute Gasteiger partial charge is 0.484 e. The summed E-state index contributed by atoms with van der Waals surface area (Å²) in [5, 5.41) is 5.32. The molecule has 0 aliphatic rings. The summed E-state index contributed by atoms with van der Waals surface area (Å²) >= 11 is 0. The summed E-state index contributed by atoms with van der Waals surface area (Å²) in [5.74, 6) is -1.55. The van der Waals surface area contributed by atoms with Crippen molar-refractivity contribution in [3.63, 3.8) is 0 Å². The SMILES string of the molecule is CC(C)C(NC(=O)c1ccc(F)cc1)C(=O)NCc1ccc(OCC(F)(F)F)cc1. The predicted octanol–water partition coefficient (Wildman–Crippen LogP) is 3.84. The molecule has 0 bridgehead atoms. The third-order valence-electron chi connectivity index (χ3n) is 4.13. The van der Waals surface area contributed by atoms with Crippen LogP contribution in [0, 0.1) is 11.7 Å². The highest BCUT2D eigenvalue weighted by molar-refractivity contribution is 5.97. The van der Waals surface area contributed by atoms with E-state index in [4.69, 9.17) is 0 Å². The van der Waals surface area contributed by atoms with Crippen LogP contribution in [0.3, 0.4) is 0 Å². The number of amides is 2. The summed E-state index contributed by atoms with van der Waals surface area (Å²) in [6, 6.07) is 9.96. The fourth-order valence-corrected chi connectivity index (χ4v) is 2.53. The number of carbonyl (C=O) groups excluding carboxylic acids is 2. The zero-order valence-electron chi connectivity index (χ0n) is 16.4. The van der Waals surface area contributed by atoms with Crippen molar-refractivity contribution in [2.24, 2.45) is 5.92 Å². The van der Waals surface area contributed by atoms with E-state index in [0.29, 0.717) is 5.56 Å². The third kappa shape index (κ3) is 7.38. The minimum absolute atomic E-state index is 0.0639. The first-order valence-electron chi connectivity index (χ1n) is 9.18. The lowest BCUT2D eigenvalue weighted by Crippen LogP contribution is -2.49. The Morgan fingerprint density at radius 2 is 1.60 bits per heavy atom. The quantitative estimate of drug-likeness (QED) is 0.631. The van der Waals surface area contributed by atoms with Gasteiger partial charge in [-0.25, -0.2) is 4.39 Å². The molecule has 30 heavy (non-hydrogen) atoms. The Balaban J connectivity index is 1.92. The molecule has 0 saturated heterocycles. The van der Waals surface area contributed by atoms with Crippen molar-refractivity contribution < 1.29 is 31.9 Å². The summed E-state index contributed by atoms with van der Waals surface area (Å²) < 4.78 is 54.1. The summed E-state index contributed by atoms with van der Waals surface area (Å²) in [7, 11) is 0. The Hall–Kier alpha value is -3.10. The maximum absolute atomic E-state index is 13.0. The van der Waals surface area contributed by atoms with Crippen molar-refractivity contribution in [1.82, 2.24) is 10.6 Å². The van der Waals surface area contributed by atoms with Crippen LogP contribution in [0.1, 0.15) is 29.8 Å². The van der Waals surface area contributed by atoms with Gasteiger partial charge < -0.3 is 15.4 Å². The molecule has 5 nitrogen and oxygen atoms in total. The second-order valence-corrected chi connectivity index (χ2v) is 6.97. The van der Waals surface area contributed by atoms with Gasteiger partial charge in [-0.15, -0.1) is 0 Å². The fraction of sp³-hybridized carbons (Fsp3) is 0.333. The smallest absolute Gasteiger partial charge is 0.422 e. The first kappa shape index (κ1) is 23.2. The number of nitrogens with one attached hydrogen (secondary N) is 2. The molecule has 0 radical (unpaired) electrons. The van der Waals surface area contributed by atoms with Gasteiger partial charge in [-0.1, -0.05) is 26.0 Å². The van der Waals surface area contributed by atoms with Gasteiger partial charge in [-0.2, -0.15) is 13.2 Å². The van der Waals surface area contributed by atoms with Gasteiger partial charge in [0.25, 0.3) is 5.91 Å². The second kappa shape index (κ2) is 10.1. The van der Waals surface area contributed by atoms with E-state index in [1.165, 1.54) is 36.4 Å². The second-order valence-electron chi connectivity index (χ2n) is 6.97. The number of halogens is 4. The van der Waals surface area contributed by atoms with Gasteiger partial charge in [0.15, 0.2) is 6.61 Å². The maximum Gasteiger partial charge on any atom is 0.422 e. The van der Waals surface area contributed by atoms with Crippen LogP contribution in [0.25, 0.3) is 0 Å². The molecule has 0 fully saturated rings. The van der Waals surface area contributed by atoms with E-state index < -0.39 is 36.5 Å². The van der Waals surface area contributed by atoms with E-state index in [1.807, 2.05) is 0 Å². The molecule has 2 aromatic rings. The van der Waals surface area contributed by atoms with Crippen LogP contribution in [-0.4, -0.2) is 30.6 Å². The number of benzene rings is 2. The van der Waals surface area contributed by atoms with Gasteiger partial charge in [-0.3, -0.25) is 9.59 Å². The average Bonchev–Trinajstić information content (AvgIpc) is 2.69. The van der Waals surface area contributed by atoms with Crippen LogP contribution in [-0.2, 0) is 11.3 Å². The van der Waals surface area contributed by atoms with Crippen molar-refractivity contribution in [3.8, 4) is 5.75 Å². The standard InChI is InChI=1S/C21H22F4N2O3/c1-13(2)18(27-19(28)15-5-7-16(22)8-6-15)20(29)26-11-14-3-9-17(10-4-14)30-12-21(23,24)25/h3-10,13,18H,11-12H2,1-2H3,(H,26,29)(H,27,28). The first-order valence-corrected chi connectivity index (χ1v) is 9.18. The number of carbonyl (C=O) groups is 2. The van der Waals surface area contributed by atoms with Gasteiger partial charge in [0.2, 0.25) is 5.91 Å². The fourth-order valence-electron chi connectivity index (χ4n) is 2.53. The van der Waals surface area contributed by atoms with Crippen LogP contribution in [0.5, 0.6) is 5.75 Å². The van der Waals surface area contributed by atoms with Crippen LogP contribution in [0.15, 0.2) is 48.5 Å². The summed E-state index contributed by atoms with van der Waals surface area (Å²) in [6.07, 6.45) is -4.42. The average molecular weight is 426 g/mol. The molecule has 2 rings (SSSR count). The monoisotopic (exact) mass is 426 g/mol. The molecule has 0 aliphatic carbocycles. The maximum atomic E-state index is 13.0. The zero-order chi connectivity index (χ0) is 22.3. The van der Waals surface area contributed by atoms with Crippen molar-refractivity contribution in [2.75, 3.05) is 6.61 Å². The van der Waals surface area contributed by atoms with Crippen molar-refractivity contribution in [3.05, 3.63) is 65.5 Å². The van der Waals surface area contributed by atoms with Crippen LogP contribution < -0.4 is 15.4 Å². The van der Waals surface area contributed by atoms with Crippen molar-refractivity contribution >= 4 is 11.8 Å². The van der Waals surface area contributed by atoms with Crippen molar-refractivity contribution in [1.29, 1.82) is 0 Å². The molecule has 9 heteroatoms. The molecule has 2 N–H and O–H groups in total. The molecular weight excluding hydrogens is 404 g/mol. The van der Waals surface area contributed by atoms with E-state index in [1.54, 1.807) is 13.8 Å². The lowest BCUT2D eigenvalue weighted by molar-refractivity contribution is -0.153. The Morgan fingerprint density at radius 1 is 1.00 bits per heavy atom. The van der Waals surface area contributed by atoms with Crippen LogP contribution in [0.2, 0.25) is 0 Å². The molecule has 2 amide bonds. The van der Waals surface area contributed by atoms with E-state index in [9.17, 15) is 27.2 Å². The number of hydrogen-bond donors (Lipinski definition) is 2. The normalized spacial score (nSPS) is 12.4. The molecule has 1 unspecified atom stereocenters. The molecular formula is C21H22F4N2O3. The van der Waals surface area contributed by atoms with Crippen molar-refractivity contribution in [2.45, 2.75) is 32.6 Å². The minimum atomic E-state index is -4.42. The molecule has 162 valence electrons. The Morgan fingerprint density at radius 3 is 2.13 bits per heavy atom. The molecule has 0 saturated carbocycles. The Labute approximate surface area is 171 Å². The molecule has 0 aliphatic heterocycles. The molecule has 0 heterocycles. The molecule has 2 aromatic carbocycles. The first-order chi connectivity index (χ1) is 14.0. The minimum Gasteiger partial charge on any atom is -0.484 e. The molecule has 0 aromatic heterocycles. The van der Waals surface area contributed by atoms with Gasteiger partial charge in [-0.05, 0) is 47.9 Å². The lowest BCUT2D eigenvalue weighted by Gasteiger charge is -2.22. The number of hydrogen-bond acceptors (Lipinski definition) is 3. The summed E-state index contributed by atoms with van der Waals surface area (Å²) in [5.41, 5.74) is 0.874. The van der Waals surface area contributed by atoms with Gasteiger partial charge in [0.1, 0.15) is 17.6 Å². The van der Waals surface area contributed by atoms with Gasteiger partial charge >= 0.3 is 6.18 Å². The summed E-state index contributed by atoms with van der Waals surface area (Å²) in [6.45, 7) is 2.27. The van der Waals surface area contributed by atoms with Crippen LogP contribution in [0.4, 0.5) is 17.6 Å².